The Kier molecular flexibility index (Phi) is 3.87. The van der Waals surface area contributed by atoms with E-state index >= 15 is 0 Å². The number of hydrogen-bond acceptors (Lipinski definition) is 1. The predicted molar refractivity (Wildman–Crippen MR) is 95.2 cm³/mol. The molecule has 3 fully saturated rings. The Balaban J connectivity index is 1.41. The zero-order valence-corrected chi connectivity index (χ0v) is 15.3. The van der Waals surface area contributed by atoms with Gasteiger partial charge in [-0.2, -0.15) is 0 Å². The molecular formula is C18H20Cl3NO. The van der Waals surface area contributed by atoms with Crippen molar-refractivity contribution < 1.29 is 4.79 Å². The molecule has 0 bridgehead atoms. The number of alkyl halides is 2. The summed E-state index contributed by atoms with van der Waals surface area (Å²) < 4.78 is -0.494. The van der Waals surface area contributed by atoms with Crippen molar-refractivity contribution in [2.45, 2.75) is 36.9 Å². The molecule has 3 aliphatic carbocycles. The number of nitrogens with one attached hydrogen (secondary N) is 1. The minimum atomic E-state index is -0.494. The summed E-state index contributed by atoms with van der Waals surface area (Å²) in [4.78, 5) is 12.6. The van der Waals surface area contributed by atoms with Crippen LogP contribution in [0.2, 0.25) is 5.02 Å². The molecule has 1 aromatic carbocycles. The van der Waals surface area contributed by atoms with E-state index in [1.54, 1.807) is 0 Å². The van der Waals surface area contributed by atoms with Crippen LogP contribution in [0.5, 0.6) is 0 Å². The van der Waals surface area contributed by atoms with E-state index < -0.39 is 4.33 Å². The predicted octanol–water partition coefficient (Wildman–Crippen LogP) is 5.44. The Morgan fingerprint density at radius 1 is 1.13 bits per heavy atom. The lowest BCUT2D eigenvalue weighted by molar-refractivity contribution is -0.117. The first-order chi connectivity index (χ1) is 10.9. The van der Waals surface area contributed by atoms with Crippen LogP contribution in [-0.4, -0.2) is 10.2 Å². The number of carbonyl (C=O) groups is 1. The molecule has 0 spiro atoms. The van der Waals surface area contributed by atoms with Crippen molar-refractivity contribution >= 4 is 46.4 Å². The monoisotopic (exact) mass is 371 g/mol. The molecule has 0 radical (unpaired) electrons. The topological polar surface area (TPSA) is 29.1 Å². The smallest absolute Gasteiger partial charge is 0.228 e. The van der Waals surface area contributed by atoms with E-state index in [4.69, 9.17) is 34.8 Å². The van der Waals surface area contributed by atoms with Gasteiger partial charge in [-0.3, -0.25) is 4.79 Å². The molecule has 0 aliphatic heterocycles. The Bertz CT molecular complexity index is 638. The molecule has 1 unspecified atom stereocenters. The lowest BCUT2D eigenvalue weighted by Gasteiger charge is -2.09. The summed E-state index contributed by atoms with van der Waals surface area (Å²) in [6.07, 6.45) is 4.25. The van der Waals surface area contributed by atoms with E-state index in [2.05, 4.69) is 5.32 Å². The average Bonchev–Trinajstić information content (AvgIpc) is 3.27. The van der Waals surface area contributed by atoms with Crippen LogP contribution in [0.15, 0.2) is 18.2 Å². The summed E-state index contributed by atoms with van der Waals surface area (Å²) in [6.45, 7) is 1.98. The molecule has 0 heterocycles. The van der Waals surface area contributed by atoms with Crippen molar-refractivity contribution in [3.8, 4) is 0 Å². The first kappa shape index (κ1) is 16.1. The maximum Gasteiger partial charge on any atom is 0.228 e. The van der Waals surface area contributed by atoms with Crippen LogP contribution in [0.1, 0.15) is 31.2 Å². The minimum absolute atomic E-state index is 0.143. The molecule has 1 amide bonds. The summed E-state index contributed by atoms with van der Waals surface area (Å²) in [6, 6.07) is 5.60. The second kappa shape index (κ2) is 5.54. The molecule has 1 N–H and O–H groups in total. The molecule has 1 aromatic rings. The van der Waals surface area contributed by atoms with E-state index in [0.29, 0.717) is 28.7 Å². The Labute approximate surface area is 151 Å². The largest absolute Gasteiger partial charge is 0.326 e. The number of fused-ring (bicyclic) bond motifs is 2. The van der Waals surface area contributed by atoms with Gasteiger partial charge in [-0.05, 0) is 74.0 Å². The van der Waals surface area contributed by atoms with E-state index in [0.717, 1.165) is 36.9 Å². The molecular weight excluding hydrogens is 353 g/mol. The molecule has 4 rings (SSSR count). The van der Waals surface area contributed by atoms with Gasteiger partial charge < -0.3 is 5.32 Å². The summed E-state index contributed by atoms with van der Waals surface area (Å²) in [5.41, 5.74) is 1.86. The van der Waals surface area contributed by atoms with Crippen molar-refractivity contribution in [3.05, 3.63) is 28.8 Å². The van der Waals surface area contributed by atoms with Crippen LogP contribution in [-0.2, 0) is 4.79 Å². The highest BCUT2D eigenvalue weighted by Crippen LogP contribution is 2.67. The van der Waals surface area contributed by atoms with Gasteiger partial charge in [-0.1, -0.05) is 17.7 Å². The Hall–Kier alpha value is -0.440. The lowest BCUT2D eigenvalue weighted by Crippen LogP contribution is -2.16. The van der Waals surface area contributed by atoms with Gasteiger partial charge in [0.1, 0.15) is 4.33 Å². The Morgan fingerprint density at radius 3 is 2.35 bits per heavy atom. The summed E-state index contributed by atoms with van der Waals surface area (Å²) in [7, 11) is 0. The number of carbonyl (C=O) groups excluding carboxylic acids is 1. The number of aryl methyl sites for hydroxylation is 1. The number of rotatable bonds is 2. The van der Waals surface area contributed by atoms with Gasteiger partial charge >= 0.3 is 0 Å². The van der Waals surface area contributed by atoms with Crippen LogP contribution in [0.4, 0.5) is 5.69 Å². The fourth-order valence-electron chi connectivity index (χ4n) is 4.56. The SMILES string of the molecule is Cc1ccc(Cl)cc1NC(=O)C1[C@@H]2CC[C@@H]3[C@H](CC[C@@H]12)C3(Cl)Cl. The van der Waals surface area contributed by atoms with Crippen molar-refractivity contribution in [1.82, 2.24) is 0 Å². The fourth-order valence-corrected chi connectivity index (χ4v) is 5.65. The molecule has 2 nitrogen and oxygen atoms in total. The minimum Gasteiger partial charge on any atom is -0.326 e. The summed E-state index contributed by atoms with van der Waals surface area (Å²) in [5, 5.41) is 3.72. The first-order valence-corrected chi connectivity index (χ1v) is 9.48. The molecule has 3 aliphatic rings. The molecule has 5 heteroatoms. The zero-order valence-electron chi connectivity index (χ0n) is 13.0. The number of anilines is 1. The van der Waals surface area contributed by atoms with Gasteiger partial charge in [0.2, 0.25) is 5.91 Å². The molecule has 0 aromatic heterocycles. The van der Waals surface area contributed by atoms with Crippen LogP contribution < -0.4 is 5.32 Å². The number of halogens is 3. The quantitative estimate of drug-likeness (QED) is 0.688. The molecule has 0 saturated heterocycles. The standard InChI is InChI=1S/C18H20Cl3NO/c1-9-2-3-10(19)8-15(9)22-17(23)16-11-4-6-13-14(18(13,20)21)7-5-12(11)16/h2-3,8,11-14,16H,4-7H2,1H3,(H,22,23)/t11-,12-,13-,14+,16?/m1/s1. The van der Waals surface area contributed by atoms with Gasteiger partial charge in [-0.15, -0.1) is 23.2 Å². The second-order valence-electron chi connectivity index (χ2n) is 7.34. The van der Waals surface area contributed by atoms with Crippen LogP contribution >= 0.6 is 34.8 Å². The van der Waals surface area contributed by atoms with Gasteiger partial charge in [-0.25, -0.2) is 0 Å². The van der Waals surface area contributed by atoms with Crippen molar-refractivity contribution in [3.63, 3.8) is 0 Å². The number of amides is 1. The van der Waals surface area contributed by atoms with E-state index in [1.807, 2.05) is 25.1 Å². The van der Waals surface area contributed by atoms with E-state index in [1.165, 1.54) is 0 Å². The number of hydrogen-bond donors (Lipinski definition) is 1. The zero-order chi connectivity index (χ0) is 16.4. The van der Waals surface area contributed by atoms with Crippen molar-refractivity contribution in [1.29, 1.82) is 0 Å². The van der Waals surface area contributed by atoms with Gasteiger partial charge in [0.25, 0.3) is 0 Å². The first-order valence-electron chi connectivity index (χ1n) is 8.34. The molecule has 124 valence electrons. The van der Waals surface area contributed by atoms with Gasteiger partial charge in [0.15, 0.2) is 0 Å². The van der Waals surface area contributed by atoms with Crippen LogP contribution in [0, 0.1) is 36.5 Å². The van der Waals surface area contributed by atoms with Crippen molar-refractivity contribution in [2.75, 3.05) is 5.32 Å². The maximum absolute atomic E-state index is 12.6. The average molecular weight is 373 g/mol. The van der Waals surface area contributed by atoms with E-state index in [9.17, 15) is 4.79 Å². The second-order valence-corrected chi connectivity index (χ2v) is 9.22. The Morgan fingerprint density at radius 2 is 1.74 bits per heavy atom. The van der Waals surface area contributed by atoms with Crippen LogP contribution in [0.25, 0.3) is 0 Å². The number of benzene rings is 1. The normalized spacial score (nSPS) is 37.0. The molecule has 5 atom stereocenters. The highest BCUT2D eigenvalue weighted by atomic mass is 35.5. The van der Waals surface area contributed by atoms with Crippen molar-refractivity contribution in [2.24, 2.45) is 29.6 Å². The van der Waals surface area contributed by atoms with E-state index in [-0.39, 0.29) is 11.8 Å². The maximum atomic E-state index is 12.6. The third-order valence-electron chi connectivity index (χ3n) is 6.08. The van der Waals surface area contributed by atoms with Crippen LogP contribution in [0.3, 0.4) is 0 Å². The highest BCUT2D eigenvalue weighted by molar-refractivity contribution is 6.51. The summed E-state index contributed by atoms with van der Waals surface area (Å²) >= 11 is 18.7. The third-order valence-corrected chi connectivity index (χ3v) is 7.44. The van der Waals surface area contributed by atoms with Gasteiger partial charge in [0, 0.05) is 16.6 Å². The fraction of sp³-hybridized carbons (Fsp3) is 0.611. The molecule has 3 saturated carbocycles. The molecule has 23 heavy (non-hydrogen) atoms. The lowest BCUT2D eigenvalue weighted by atomic mass is 10.0. The third kappa shape index (κ3) is 2.77. The van der Waals surface area contributed by atoms with Gasteiger partial charge in [0.05, 0.1) is 0 Å². The highest BCUT2D eigenvalue weighted by Gasteiger charge is 2.65. The summed E-state index contributed by atoms with van der Waals surface area (Å²) in [5.74, 6) is 2.16.